The second kappa shape index (κ2) is 6.53. The molecule has 1 amide bonds. The molecule has 0 fully saturated rings. The third-order valence-electron chi connectivity index (χ3n) is 2.97. The van der Waals surface area contributed by atoms with Crippen LogP contribution in [0.5, 0.6) is 0 Å². The third-order valence-corrected chi connectivity index (χ3v) is 2.97. The Morgan fingerprint density at radius 2 is 2.00 bits per heavy atom. The second-order valence-electron chi connectivity index (χ2n) is 4.62. The molecule has 0 atom stereocenters. The van der Waals surface area contributed by atoms with E-state index in [0.717, 1.165) is 11.3 Å². The molecule has 1 heterocycles. The molecule has 2 aromatic rings. The van der Waals surface area contributed by atoms with Crippen molar-refractivity contribution >= 4 is 17.4 Å². The number of aryl methyl sites for hydroxylation is 1. The lowest BCUT2D eigenvalue weighted by atomic mass is 10.1. The largest absolute Gasteiger partial charge is 0.373 e. The Balaban J connectivity index is 2.14. The predicted molar refractivity (Wildman–Crippen MR) is 82.2 cm³/mol. The van der Waals surface area contributed by atoms with Crippen LogP contribution >= 0.6 is 0 Å². The van der Waals surface area contributed by atoms with Gasteiger partial charge in [0.25, 0.3) is 5.91 Å². The number of anilines is 2. The van der Waals surface area contributed by atoms with E-state index in [-0.39, 0.29) is 5.91 Å². The zero-order valence-corrected chi connectivity index (χ0v) is 12.0. The number of benzene rings is 1. The van der Waals surface area contributed by atoms with Crippen molar-refractivity contribution in [3.05, 3.63) is 53.2 Å². The molecule has 0 spiro atoms. The number of rotatable bonds is 4. The van der Waals surface area contributed by atoms with E-state index in [1.807, 2.05) is 19.1 Å². The molecule has 1 aromatic carbocycles. The molecule has 0 radical (unpaired) electrons. The molecule has 0 aliphatic heterocycles. The minimum Gasteiger partial charge on any atom is -0.373 e. The smallest absolute Gasteiger partial charge is 0.255 e. The van der Waals surface area contributed by atoms with Crippen molar-refractivity contribution in [3.63, 3.8) is 0 Å². The van der Waals surface area contributed by atoms with Gasteiger partial charge in [0.15, 0.2) is 0 Å². The first kappa shape index (κ1) is 14.5. The van der Waals surface area contributed by atoms with Gasteiger partial charge in [-0.15, -0.1) is 0 Å². The van der Waals surface area contributed by atoms with Gasteiger partial charge in [0, 0.05) is 24.0 Å². The lowest BCUT2D eigenvalue weighted by Crippen LogP contribution is -2.13. The Morgan fingerprint density at radius 1 is 1.29 bits per heavy atom. The maximum Gasteiger partial charge on any atom is 0.255 e. The highest BCUT2D eigenvalue weighted by Gasteiger charge is 2.08. The van der Waals surface area contributed by atoms with Crippen LogP contribution in [0.2, 0.25) is 0 Å². The summed E-state index contributed by atoms with van der Waals surface area (Å²) in [6, 6.07) is 12.8. The molecule has 0 unspecified atom stereocenters. The predicted octanol–water partition coefficient (Wildman–Crippen LogP) is 2.75. The molecule has 106 valence electrons. The van der Waals surface area contributed by atoms with E-state index in [1.165, 1.54) is 0 Å². The zero-order chi connectivity index (χ0) is 15.2. The molecule has 1 aromatic heterocycles. The molecule has 21 heavy (non-hydrogen) atoms. The average Bonchev–Trinajstić information content (AvgIpc) is 2.48. The number of carbonyl (C=O) groups is 1. The number of pyridine rings is 1. The maximum atomic E-state index is 12.2. The monoisotopic (exact) mass is 280 g/mol. The maximum absolute atomic E-state index is 12.2. The number of amides is 1. The standard InChI is InChI=1S/C16H16N4O/c1-11-9-13(10-15(18-2)19-11)16(21)20-14-5-3-12(4-6-14)7-8-17/h3-6,9-10H,7H2,1-2H3,(H,18,19)(H,20,21). The van der Waals surface area contributed by atoms with Gasteiger partial charge in [0.1, 0.15) is 5.82 Å². The van der Waals surface area contributed by atoms with Crippen LogP contribution in [0.4, 0.5) is 11.5 Å². The molecule has 5 nitrogen and oxygen atoms in total. The van der Waals surface area contributed by atoms with Gasteiger partial charge in [-0.2, -0.15) is 5.26 Å². The Hall–Kier alpha value is -2.87. The Bertz CT molecular complexity index is 686. The van der Waals surface area contributed by atoms with Gasteiger partial charge < -0.3 is 10.6 Å². The molecule has 0 aliphatic carbocycles. The normalized spacial score (nSPS) is 9.76. The van der Waals surface area contributed by atoms with Gasteiger partial charge in [0.2, 0.25) is 0 Å². The van der Waals surface area contributed by atoms with Crippen LogP contribution in [0.25, 0.3) is 0 Å². The topological polar surface area (TPSA) is 77.8 Å². The summed E-state index contributed by atoms with van der Waals surface area (Å²) in [7, 11) is 1.76. The van der Waals surface area contributed by atoms with Crippen LogP contribution in [-0.4, -0.2) is 17.9 Å². The fourth-order valence-corrected chi connectivity index (χ4v) is 1.93. The Labute approximate surface area is 123 Å². The molecular formula is C16H16N4O. The number of nitriles is 1. The van der Waals surface area contributed by atoms with E-state index in [9.17, 15) is 4.79 Å². The first-order valence-electron chi connectivity index (χ1n) is 6.56. The van der Waals surface area contributed by atoms with Gasteiger partial charge in [-0.25, -0.2) is 4.98 Å². The van der Waals surface area contributed by atoms with Crippen LogP contribution < -0.4 is 10.6 Å². The summed E-state index contributed by atoms with van der Waals surface area (Å²) in [5, 5.41) is 14.4. The minimum atomic E-state index is -0.190. The van der Waals surface area contributed by atoms with Crippen LogP contribution in [0, 0.1) is 18.3 Å². The summed E-state index contributed by atoms with van der Waals surface area (Å²) in [6.07, 6.45) is 0.364. The molecule has 0 aliphatic rings. The summed E-state index contributed by atoms with van der Waals surface area (Å²) in [5.74, 6) is 0.467. The van der Waals surface area contributed by atoms with Crippen LogP contribution in [-0.2, 0) is 6.42 Å². The molecule has 2 rings (SSSR count). The number of hydrogen-bond acceptors (Lipinski definition) is 4. The molecular weight excluding hydrogens is 264 g/mol. The number of carbonyl (C=O) groups excluding carboxylic acids is 1. The van der Waals surface area contributed by atoms with Gasteiger partial charge in [0.05, 0.1) is 12.5 Å². The second-order valence-corrected chi connectivity index (χ2v) is 4.62. The summed E-state index contributed by atoms with van der Waals surface area (Å²) < 4.78 is 0. The van der Waals surface area contributed by atoms with Crippen LogP contribution in [0.1, 0.15) is 21.6 Å². The first-order valence-corrected chi connectivity index (χ1v) is 6.56. The van der Waals surface area contributed by atoms with Crippen molar-refractivity contribution < 1.29 is 4.79 Å². The summed E-state index contributed by atoms with van der Waals surface area (Å²) in [4.78, 5) is 16.5. The van der Waals surface area contributed by atoms with Crippen molar-refractivity contribution in [2.75, 3.05) is 17.7 Å². The van der Waals surface area contributed by atoms with Gasteiger partial charge in [-0.3, -0.25) is 4.79 Å². The first-order chi connectivity index (χ1) is 10.1. The molecule has 0 bridgehead atoms. The molecule has 5 heteroatoms. The van der Waals surface area contributed by atoms with Crippen molar-refractivity contribution in [1.29, 1.82) is 5.26 Å². The summed E-state index contributed by atoms with van der Waals surface area (Å²) in [6.45, 7) is 1.84. The van der Waals surface area contributed by atoms with E-state index in [0.29, 0.717) is 23.5 Å². The highest BCUT2D eigenvalue weighted by atomic mass is 16.1. The number of nitrogens with one attached hydrogen (secondary N) is 2. The van der Waals surface area contributed by atoms with E-state index >= 15 is 0 Å². The Morgan fingerprint density at radius 3 is 2.62 bits per heavy atom. The van der Waals surface area contributed by atoms with Crippen LogP contribution in [0.3, 0.4) is 0 Å². The average molecular weight is 280 g/mol. The lowest BCUT2D eigenvalue weighted by molar-refractivity contribution is 0.102. The van der Waals surface area contributed by atoms with Gasteiger partial charge in [-0.05, 0) is 36.8 Å². The Kier molecular flexibility index (Phi) is 4.52. The van der Waals surface area contributed by atoms with Crippen molar-refractivity contribution in [3.8, 4) is 6.07 Å². The highest BCUT2D eigenvalue weighted by Crippen LogP contribution is 2.14. The number of hydrogen-bond donors (Lipinski definition) is 2. The fraction of sp³-hybridized carbons (Fsp3) is 0.188. The van der Waals surface area contributed by atoms with E-state index < -0.39 is 0 Å². The minimum absolute atomic E-state index is 0.190. The highest BCUT2D eigenvalue weighted by molar-refractivity contribution is 6.04. The fourth-order valence-electron chi connectivity index (χ4n) is 1.93. The molecule has 0 saturated heterocycles. The molecule has 0 saturated carbocycles. The van der Waals surface area contributed by atoms with Crippen LogP contribution in [0.15, 0.2) is 36.4 Å². The summed E-state index contributed by atoms with van der Waals surface area (Å²) >= 11 is 0. The molecule has 2 N–H and O–H groups in total. The quantitative estimate of drug-likeness (QED) is 0.902. The van der Waals surface area contributed by atoms with Gasteiger partial charge in [-0.1, -0.05) is 12.1 Å². The van der Waals surface area contributed by atoms with E-state index in [4.69, 9.17) is 5.26 Å². The van der Waals surface area contributed by atoms with Gasteiger partial charge >= 0.3 is 0 Å². The van der Waals surface area contributed by atoms with E-state index in [1.54, 1.807) is 31.3 Å². The zero-order valence-electron chi connectivity index (χ0n) is 12.0. The lowest BCUT2D eigenvalue weighted by Gasteiger charge is -2.08. The van der Waals surface area contributed by atoms with Crippen molar-refractivity contribution in [2.45, 2.75) is 13.3 Å². The van der Waals surface area contributed by atoms with E-state index in [2.05, 4.69) is 21.7 Å². The number of aromatic nitrogens is 1. The third kappa shape index (κ3) is 3.80. The van der Waals surface area contributed by atoms with Crippen molar-refractivity contribution in [1.82, 2.24) is 4.98 Å². The number of nitrogens with zero attached hydrogens (tertiary/aromatic N) is 2. The summed E-state index contributed by atoms with van der Waals surface area (Å²) in [5.41, 5.74) is 2.94. The SMILES string of the molecule is CNc1cc(C(=O)Nc2ccc(CC#N)cc2)cc(C)n1. The van der Waals surface area contributed by atoms with Crippen molar-refractivity contribution in [2.24, 2.45) is 0 Å².